The number of ether oxygens (including phenoxy) is 1. The fraction of sp³-hybridized carbons (Fsp3) is 0.818. The van der Waals surface area contributed by atoms with E-state index in [2.05, 4.69) is 51.5 Å². The molecule has 0 aliphatic rings. The van der Waals surface area contributed by atoms with Crippen molar-refractivity contribution in [3.63, 3.8) is 0 Å². The number of hydrogen-bond acceptors (Lipinski definition) is 3. The summed E-state index contributed by atoms with van der Waals surface area (Å²) in [4.78, 5) is 0. The second kappa shape index (κ2) is 6.35. The third-order valence-electron chi connectivity index (χ3n) is 2.46. The van der Waals surface area contributed by atoms with Gasteiger partial charge in [-0.2, -0.15) is 0 Å². The predicted octanol–water partition coefficient (Wildman–Crippen LogP) is 2.58. The van der Waals surface area contributed by atoms with Crippen LogP contribution in [0.1, 0.15) is 38.5 Å². The summed E-state index contributed by atoms with van der Waals surface area (Å²) < 4.78 is 7.34. The number of nitrogens with zero attached hydrogens (tertiary/aromatic N) is 3. The largest absolute Gasteiger partial charge is 0.384 e. The molecular weight excluding hydrogens is 270 g/mol. The maximum atomic E-state index is 5.14. The second-order valence-corrected chi connectivity index (χ2v) is 4.96. The monoisotopic (exact) mass is 289 g/mol. The van der Waals surface area contributed by atoms with E-state index in [4.69, 9.17) is 4.74 Å². The number of halogens is 1. The highest BCUT2D eigenvalue weighted by molar-refractivity contribution is 9.08. The minimum absolute atomic E-state index is 0.396. The topological polar surface area (TPSA) is 39.9 Å². The van der Waals surface area contributed by atoms with Crippen LogP contribution >= 0.6 is 15.9 Å². The van der Waals surface area contributed by atoms with E-state index in [1.165, 1.54) is 0 Å². The lowest BCUT2D eigenvalue weighted by Gasteiger charge is -2.15. The molecule has 0 aromatic carbocycles. The van der Waals surface area contributed by atoms with Crippen LogP contribution in [0.25, 0.3) is 0 Å². The molecule has 0 spiro atoms. The standard InChI is InChI=1S/C11H20BrN3O/c1-8(2)15-10(5-9(3)7-16-4)13-14-11(15)6-12/h8-9H,5-7H2,1-4H3. The van der Waals surface area contributed by atoms with E-state index >= 15 is 0 Å². The molecule has 0 aliphatic heterocycles. The maximum Gasteiger partial charge on any atom is 0.143 e. The van der Waals surface area contributed by atoms with Gasteiger partial charge in [-0.05, 0) is 19.8 Å². The molecule has 1 rings (SSSR count). The molecule has 1 heterocycles. The molecule has 0 amide bonds. The number of methoxy groups -OCH3 is 1. The van der Waals surface area contributed by atoms with Gasteiger partial charge in [0.2, 0.25) is 0 Å². The Morgan fingerprint density at radius 2 is 1.88 bits per heavy atom. The third-order valence-corrected chi connectivity index (χ3v) is 2.96. The van der Waals surface area contributed by atoms with Gasteiger partial charge in [-0.1, -0.05) is 22.9 Å². The summed E-state index contributed by atoms with van der Waals surface area (Å²) in [5.74, 6) is 2.51. The molecular formula is C11H20BrN3O. The molecule has 1 aromatic rings. The zero-order valence-electron chi connectivity index (χ0n) is 10.4. The van der Waals surface area contributed by atoms with Gasteiger partial charge in [-0.15, -0.1) is 10.2 Å². The van der Waals surface area contributed by atoms with Gasteiger partial charge in [0.25, 0.3) is 0 Å². The molecule has 1 unspecified atom stereocenters. The predicted molar refractivity (Wildman–Crippen MR) is 67.8 cm³/mol. The van der Waals surface area contributed by atoms with E-state index in [0.29, 0.717) is 12.0 Å². The van der Waals surface area contributed by atoms with Crippen LogP contribution in [0.15, 0.2) is 0 Å². The first kappa shape index (κ1) is 13.6. The smallest absolute Gasteiger partial charge is 0.143 e. The van der Waals surface area contributed by atoms with Crippen LogP contribution in [0.2, 0.25) is 0 Å². The summed E-state index contributed by atoms with van der Waals surface area (Å²) in [6, 6.07) is 0.396. The Balaban J connectivity index is 2.83. The number of aromatic nitrogens is 3. The van der Waals surface area contributed by atoms with Crippen LogP contribution in [0.3, 0.4) is 0 Å². The second-order valence-electron chi connectivity index (χ2n) is 4.39. The highest BCUT2D eigenvalue weighted by atomic mass is 79.9. The van der Waals surface area contributed by atoms with Gasteiger partial charge in [0.1, 0.15) is 11.6 Å². The number of rotatable bonds is 6. The Hall–Kier alpha value is -0.420. The summed E-state index contributed by atoms with van der Waals surface area (Å²) in [5.41, 5.74) is 0. The molecule has 1 aromatic heterocycles. The van der Waals surface area contributed by atoms with E-state index in [1.54, 1.807) is 7.11 Å². The van der Waals surface area contributed by atoms with Gasteiger partial charge in [0.15, 0.2) is 0 Å². The Bertz CT molecular complexity index is 325. The van der Waals surface area contributed by atoms with Crippen molar-refractivity contribution in [2.24, 2.45) is 5.92 Å². The zero-order chi connectivity index (χ0) is 12.1. The fourth-order valence-corrected chi connectivity index (χ4v) is 2.22. The Labute approximate surface area is 106 Å². The van der Waals surface area contributed by atoms with Gasteiger partial charge in [0, 0.05) is 26.2 Å². The van der Waals surface area contributed by atoms with Crippen LogP contribution in [-0.2, 0) is 16.5 Å². The van der Waals surface area contributed by atoms with Gasteiger partial charge in [0.05, 0.1) is 5.33 Å². The summed E-state index contributed by atoms with van der Waals surface area (Å²) in [7, 11) is 1.73. The molecule has 0 bridgehead atoms. The number of hydrogen-bond donors (Lipinski definition) is 0. The molecule has 0 aliphatic carbocycles. The molecule has 1 atom stereocenters. The SMILES string of the molecule is COCC(C)Cc1nnc(CBr)n1C(C)C. The summed E-state index contributed by atoms with van der Waals surface area (Å²) >= 11 is 3.44. The van der Waals surface area contributed by atoms with Crippen LogP contribution in [0, 0.1) is 5.92 Å². The highest BCUT2D eigenvalue weighted by Gasteiger charge is 2.15. The van der Waals surface area contributed by atoms with Crippen molar-refractivity contribution in [3.05, 3.63) is 11.6 Å². The van der Waals surface area contributed by atoms with E-state index < -0.39 is 0 Å². The molecule has 0 N–H and O–H groups in total. The molecule has 0 saturated carbocycles. The quantitative estimate of drug-likeness (QED) is 0.756. The molecule has 16 heavy (non-hydrogen) atoms. The fourth-order valence-electron chi connectivity index (χ4n) is 1.84. The van der Waals surface area contributed by atoms with Gasteiger partial charge < -0.3 is 9.30 Å². The highest BCUT2D eigenvalue weighted by Crippen LogP contribution is 2.16. The molecule has 0 radical (unpaired) electrons. The van der Waals surface area contributed by atoms with Crippen LogP contribution in [-0.4, -0.2) is 28.5 Å². The first-order valence-electron chi connectivity index (χ1n) is 5.57. The molecule has 4 nitrogen and oxygen atoms in total. The van der Waals surface area contributed by atoms with Crippen molar-refractivity contribution >= 4 is 15.9 Å². The van der Waals surface area contributed by atoms with E-state index in [0.717, 1.165) is 30.0 Å². The van der Waals surface area contributed by atoms with Crippen LogP contribution in [0.4, 0.5) is 0 Å². The van der Waals surface area contributed by atoms with Crippen molar-refractivity contribution in [2.45, 2.75) is 38.6 Å². The average Bonchev–Trinajstić information content (AvgIpc) is 2.61. The summed E-state index contributed by atoms with van der Waals surface area (Å²) in [6.45, 7) is 7.23. The lowest BCUT2D eigenvalue weighted by atomic mass is 10.1. The zero-order valence-corrected chi connectivity index (χ0v) is 12.0. The van der Waals surface area contributed by atoms with Gasteiger partial charge in [-0.3, -0.25) is 0 Å². The Kier molecular flexibility index (Phi) is 5.41. The van der Waals surface area contributed by atoms with Crippen molar-refractivity contribution in [1.29, 1.82) is 0 Å². The van der Waals surface area contributed by atoms with E-state index in [9.17, 15) is 0 Å². The minimum atomic E-state index is 0.396. The summed E-state index contributed by atoms with van der Waals surface area (Å²) in [5, 5.41) is 9.20. The first-order chi connectivity index (χ1) is 7.60. The van der Waals surface area contributed by atoms with Gasteiger partial charge in [-0.25, -0.2) is 0 Å². The van der Waals surface area contributed by atoms with Crippen molar-refractivity contribution in [1.82, 2.24) is 14.8 Å². The molecule has 0 fully saturated rings. The Morgan fingerprint density at radius 3 is 2.38 bits per heavy atom. The molecule has 5 heteroatoms. The van der Waals surface area contributed by atoms with Crippen LogP contribution in [0.5, 0.6) is 0 Å². The Morgan fingerprint density at radius 1 is 1.25 bits per heavy atom. The lowest BCUT2D eigenvalue weighted by Crippen LogP contribution is -2.14. The first-order valence-corrected chi connectivity index (χ1v) is 6.69. The van der Waals surface area contributed by atoms with Crippen molar-refractivity contribution in [2.75, 3.05) is 13.7 Å². The summed E-state index contributed by atoms with van der Waals surface area (Å²) in [6.07, 6.45) is 0.909. The minimum Gasteiger partial charge on any atom is -0.384 e. The lowest BCUT2D eigenvalue weighted by molar-refractivity contribution is 0.158. The normalized spacial score (nSPS) is 13.4. The van der Waals surface area contributed by atoms with Gasteiger partial charge >= 0.3 is 0 Å². The van der Waals surface area contributed by atoms with E-state index in [1.807, 2.05) is 0 Å². The number of alkyl halides is 1. The van der Waals surface area contributed by atoms with Crippen LogP contribution < -0.4 is 0 Å². The average molecular weight is 290 g/mol. The maximum absolute atomic E-state index is 5.14. The van der Waals surface area contributed by atoms with E-state index in [-0.39, 0.29) is 0 Å². The van der Waals surface area contributed by atoms with Crippen molar-refractivity contribution < 1.29 is 4.74 Å². The van der Waals surface area contributed by atoms with Crippen molar-refractivity contribution in [3.8, 4) is 0 Å². The molecule has 92 valence electrons. The molecule has 0 saturated heterocycles. The third kappa shape index (κ3) is 3.28.